The molecule has 0 spiro atoms. The zero-order valence-corrected chi connectivity index (χ0v) is 10.9. The molecule has 0 saturated heterocycles. The van der Waals surface area contributed by atoms with Gasteiger partial charge in [-0.15, -0.1) is 11.3 Å². The van der Waals surface area contributed by atoms with Gasteiger partial charge in [-0.1, -0.05) is 6.92 Å². The van der Waals surface area contributed by atoms with Crippen molar-refractivity contribution in [3.8, 4) is 0 Å². The summed E-state index contributed by atoms with van der Waals surface area (Å²) in [7, 11) is 0. The number of aromatic nitrogens is 1. The van der Waals surface area contributed by atoms with Crippen molar-refractivity contribution in [1.82, 2.24) is 4.98 Å². The molecular weight excluding hydrogens is 230 g/mol. The van der Waals surface area contributed by atoms with Crippen molar-refractivity contribution in [1.29, 1.82) is 0 Å². The fourth-order valence-electron chi connectivity index (χ4n) is 2.48. The highest BCUT2D eigenvalue weighted by Gasteiger charge is 2.18. The van der Waals surface area contributed by atoms with E-state index in [-0.39, 0.29) is 5.78 Å². The van der Waals surface area contributed by atoms with Crippen LogP contribution in [-0.2, 0) is 12.8 Å². The second-order valence-corrected chi connectivity index (χ2v) is 6.03. The van der Waals surface area contributed by atoms with Crippen molar-refractivity contribution in [2.45, 2.75) is 33.1 Å². The molecule has 0 fully saturated rings. The maximum Gasteiger partial charge on any atom is 0.169 e. The molecule has 2 aromatic heterocycles. The van der Waals surface area contributed by atoms with Crippen LogP contribution in [0.4, 0.5) is 0 Å². The van der Waals surface area contributed by atoms with Crippen molar-refractivity contribution in [3.05, 3.63) is 28.3 Å². The van der Waals surface area contributed by atoms with E-state index < -0.39 is 0 Å². The average molecular weight is 245 g/mol. The number of carbonyl (C=O) groups excluding carboxylic acids is 1. The minimum absolute atomic E-state index is 0.138. The van der Waals surface area contributed by atoms with E-state index in [4.69, 9.17) is 4.98 Å². The Labute approximate surface area is 105 Å². The summed E-state index contributed by atoms with van der Waals surface area (Å²) in [6.45, 7) is 3.91. The summed E-state index contributed by atoms with van der Waals surface area (Å²) in [4.78, 5) is 17.9. The summed E-state index contributed by atoms with van der Waals surface area (Å²) in [5.41, 5.74) is 2.62. The lowest BCUT2D eigenvalue weighted by molar-refractivity contribution is 0.102. The highest BCUT2D eigenvalue weighted by molar-refractivity contribution is 7.20. The van der Waals surface area contributed by atoms with Crippen molar-refractivity contribution in [2.75, 3.05) is 0 Å². The van der Waals surface area contributed by atoms with Crippen LogP contribution in [0.2, 0.25) is 0 Å². The molecule has 17 heavy (non-hydrogen) atoms. The molecule has 0 aliphatic heterocycles. The van der Waals surface area contributed by atoms with Gasteiger partial charge < -0.3 is 0 Å². The summed E-state index contributed by atoms with van der Waals surface area (Å²) in [6.07, 6.45) is 3.44. The molecule has 0 amide bonds. The molecule has 1 aliphatic carbocycles. The Morgan fingerprint density at radius 1 is 1.47 bits per heavy atom. The lowest BCUT2D eigenvalue weighted by atomic mass is 9.88. The first-order valence-corrected chi connectivity index (χ1v) is 6.88. The summed E-state index contributed by atoms with van der Waals surface area (Å²) in [5, 5.41) is 1.13. The number of Topliss-reactive ketones (excluding diaryl/α,β-unsaturated/α-hetero) is 1. The number of hydrogen-bond acceptors (Lipinski definition) is 3. The maximum atomic E-state index is 11.4. The second-order valence-electron chi connectivity index (χ2n) is 5.00. The van der Waals surface area contributed by atoms with Gasteiger partial charge in [-0.05, 0) is 49.8 Å². The Bertz CT molecular complexity index is 600. The molecule has 0 aromatic carbocycles. The predicted molar refractivity (Wildman–Crippen MR) is 70.8 cm³/mol. The quantitative estimate of drug-likeness (QED) is 0.718. The number of thiophene rings is 1. The SMILES string of the molecule is CC(=O)c1cc2cc3c(nc2s1)CCC(C)C3. The molecule has 1 atom stereocenters. The van der Waals surface area contributed by atoms with Crippen LogP contribution in [0.1, 0.15) is 41.2 Å². The monoisotopic (exact) mass is 245 g/mol. The molecule has 3 heteroatoms. The fraction of sp³-hybridized carbons (Fsp3) is 0.429. The van der Waals surface area contributed by atoms with E-state index in [9.17, 15) is 4.79 Å². The van der Waals surface area contributed by atoms with Crippen molar-refractivity contribution in [3.63, 3.8) is 0 Å². The van der Waals surface area contributed by atoms with Gasteiger partial charge in [-0.25, -0.2) is 4.98 Å². The van der Waals surface area contributed by atoms with Gasteiger partial charge in [0.1, 0.15) is 4.83 Å². The summed E-state index contributed by atoms with van der Waals surface area (Å²) in [6, 6.07) is 4.21. The van der Waals surface area contributed by atoms with Crippen molar-refractivity contribution in [2.24, 2.45) is 5.92 Å². The van der Waals surface area contributed by atoms with Crippen molar-refractivity contribution >= 4 is 27.3 Å². The Hall–Kier alpha value is -1.22. The molecule has 1 unspecified atom stereocenters. The van der Waals surface area contributed by atoms with E-state index in [1.807, 2.05) is 6.07 Å². The van der Waals surface area contributed by atoms with Crippen LogP contribution in [0.5, 0.6) is 0 Å². The van der Waals surface area contributed by atoms with E-state index in [2.05, 4.69) is 13.0 Å². The lowest BCUT2D eigenvalue weighted by Crippen LogP contribution is -2.12. The minimum Gasteiger partial charge on any atom is -0.294 e. The molecular formula is C14H15NOS. The average Bonchev–Trinajstić information content (AvgIpc) is 2.68. The van der Waals surface area contributed by atoms with Gasteiger partial charge in [-0.2, -0.15) is 0 Å². The van der Waals surface area contributed by atoms with E-state index >= 15 is 0 Å². The second kappa shape index (κ2) is 3.91. The molecule has 2 aromatic rings. The van der Waals surface area contributed by atoms with Gasteiger partial charge in [0.2, 0.25) is 0 Å². The van der Waals surface area contributed by atoms with Gasteiger partial charge in [0.25, 0.3) is 0 Å². The largest absolute Gasteiger partial charge is 0.294 e. The van der Waals surface area contributed by atoms with Gasteiger partial charge in [0.15, 0.2) is 5.78 Å². The van der Waals surface area contributed by atoms with E-state index in [1.54, 1.807) is 6.92 Å². The summed E-state index contributed by atoms with van der Waals surface area (Å²) < 4.78 is 0. The summed E-state index contributed by atoms with van der Waals surface area (Å²) >= 11 is 1.52. The third kappa shape index (κ3) is 1.89. The Balaban J connectivity index is 2.15. The van der Waals surface area contributed by atoms with Crippen LogP contribution in [0.15, 0.2) is 12.1 Å². The van der Waals surface area contributed by atoms with Gasteiger partial charge in [-0.3, -0.25) is 4.79 Å². The topological polar surface area (TPSA) is 30.0 Å². The number of ketones is 1. The molecule has 0 bridgehead atoms. The first-order valence-electron chi connectivity index (χ1n) is 6.07. The lowest BCUT2D eigenvalue weighted by Gasteiger charge is -2.20. The van der Waals surface area contributed by atoms with Crippen LogP contribution < -0.4 is 0 Å². The number of aryl methyl sites for hydroxylation is 1. The smallest absolute Gasteiger partial charge is 0.169 e. The highest BCUT2D eigenvalue weighted by Crippen LogP contribution is 2.31. The highest BCUT2D eigenvalue weighted by atomic mass is 32.1. The van der Waals surface area contributed by atoms with Crippen LogP contribution in [0.25, 0.3) is 10.2 Å². The Morgan fingerprint density at radius 2 is 2.29 bits per heavy atom. The number of fused-ring (bicyclic) bond motifs is 2. The molecule has 88 valence electrons. The van der Waals surface area contributed by atoms with Gasteiger partial charge in [0, 0.05) is 11.1 Å². The minimum atomic E-state index is 0.138. The zero-order chi connectivity index (χ0) is 12.0. The molecule has 2 heterocycles. The maximum absolute atomic E-state index is 11.4. The number of pyridine rings is 1. The van der Waals surface area contributed by atoms with Crippen molar-refractivity contribution < 1.29 is 4.79 Å². The fourth-order valence-corrected chi connectivity index (χ4v) is 3.41. The van der Waals surface area contributed by atoms with Gasteiger partial charge in [0.05, 0.1) is 4.88 Å². The number of rotatable bonds is 1. The third-order valence-electron chi connectivity index (χ3n) is 3.47. The van der Waals surface area contributed by atoms with Crippen LogP contribution in [0.3, 0.4) is 0 Å². The van der Waals surface area contributed by atoms with E-state index in [1.165, 1.54) is 29.0 Å². The molecule has 0 N–H and O–H groups in total. The first kappa shape index (κ1) is 10.9. The molecule has 1 aliphatic rings. The normalized spacial score (nSPS) is 19.3. The van der Waals surface area contributed by atoms with Crippen LogP contribution in [0, 0.1) is 5.92 Å². The number of carbonyl (C=O) groups is 1. The predicted octanol–water partition coefficient (Wildman–Crippen LogP) is 3.62. The number of nitrogens with zero attached hydrogens (tertiary/aromatic N) is 1. The van der Waals surface area contributed by atoms with E-state index in [0.717, 1.165) is 33.9 Å². The Kier molecular flexibility index (Phi) is 2.51. The third-order valence-corrected chi connectivity index (χ3v) is 4.61. The molecule has 0 saturated carbocycles. The van der Waals surface area contributed by atoms with E-state index in [0.29, 0.717) is 0 Å². The first-order chi connectivity index (χ1) is 8.13. The molecule has 0 radical (unpaired) electrons. The number of hydrogen-bond donors (Lipinski definition) is 0. The molecule has 2 nitrogen and oxygen atoms in total. The van der Waals surface area contributed by atoms with Crippen LogP contribution in [-0.4, -0.2) is 10.8 Å². The van der Waals surface area contributed by atoms with Crippen LogP contribution >= 0.6 is 11.3 Å². The standard InChI is InChI=1S/C14H15NOS/c1-8-3-4-12-10(5-8)6-11-7-13(9(2)16)17-14(11)15-12/h6-8H,3-5H2,1-2H3. The zero-order valence-electron chi connectivity index (χ0n) is 10.1. The molecule has 3 rings (SSSR count). The summed E-state index contributed by atoms with van der Waals surface area (Å²) in [5.74, 6) is 0.895. The van der Waals surface area contributed by atoms with Gasteiger partial charge >= 0.3 is 0 Å². The Morgan fingerprint density at radius 3 is 3.06 bits per heavy atom.